The van der Waals surface area contributed by atoms with Crippen molar-refractivity contribution in [2.45, 2.75) is 46.5 Å². The highest BCUT2D eigenvalue weighted by molar-refractivity contribution is 4.73. The molecule has 0 fully saturated rings. The lowest BCUT2D eigenvalue weighted by molar-refractivity contribution is 0.337. The molecule has 1 unspecified atom stereocenters. The first-order chi connectivity index (χ1) is 5.22. The van der Waals surface area contributed by atoms with Crippen molar-refractivity contribution >= 4 is 0 Å². The predicted molar refractivity (Wildman–Crippen MR) is 48.1 cm³/mol. The van der Waals surface area contributed by atoms with Gasteiger partial charge in [0.05, 0.1) is 6.07 Å². The highest BCUT2D eigenvalue weighted by Crippen LogP contribution is 2.21. The van der Waals surface area contributed by atoms with Crippen molar-refractivity contribution in [3.8, 4) is 6.07 Å². The second-order valence-corrected chi connectivity index (χ2v) is 3.49. The summed E-state index contributed by atoms with van der Waals surface area (Å²) in [5, 5.41) is 8.42. The van der Waals surface area contributed by atoms with Crippen molar-refractivity contribution in [2.75, 3.05) is 0 Å². The molecule has 0 saturated heterocycles. The second-order valence-electron chi connectivity index (χ2n) is 3.49. The van der Waals surface area contributed by atoms with Crippen LogP contribution >= 0.6 is 0 Å². The molecular weight excluding hydrogens is 134 g/mol. The lowest BCUT2D eigenvalue weighted by Crippen LogP contribution is -2.07. The Labute approximate surface area is 70.4 Å². The van der Waals surface area contributed by atoms with E-state index < -0.39 is 0 Å². The molecule has 1 atom stereocenters. The number of hydrogen-bond donors (Lipinski definition) is 0. The van der Waals surface area contributed by atoms with Gasteiger partial charge in [0.25, 0.3) is 0 Å². The van der Waals surface area contributed by atoms with Crippen molar-refractivity contribution in [2.24, 2.45) is 11.8 Å². The summed E-state index contributed by atoms with van der Waals surface area (Å²) in [5.74, 6) is 1.50. The van der Waals surface area contributed by atoms with Gasteiger partial charge < -0.3 is 0 Å². The molecule has 0 aliphatic heterocycles. The molecule has 1 nitrogen and oxygen atoms in total. The predicted octanol–water partition coefficient (Wildman–Crippen LogP) is 3.36. The van der Waals surface area contributed by atoms with E-state index in [-0.39, 0.29) is 0 Å². The van der Waals surface area contributed by atoms with Crippen molar-refractivity contribution in [3.05, 3.63) is 0 Å². The average molecular weight is 153 g/mol. The number of nitrogens with zero attached hydrogens (tertiary/aromatic N) is 1. The summed E-state index contributed by atoms with van der Waals surface area (Å²) in [7, 11) is 0. The zero-order chi connectivity index (χ0) is 8.69. The van der Waals surface area contributed by atoms with E-state index in [2.05, 4.69) is 26.8 Å². The zero-order valence-corrected chi connectivity index (χ0v) is 7.93. The molecule has 0 N–H and O–H groups in total. The first kappa shape index (κ1) is 10.5. The van der Waals surface area contributed by atoms with Crippen LogP contribution < -0.4 is 0 Å². The lowest BCUT2D eigenvalue weighted by Gasteiger charge is -2.18. The zero-order valence-electron chi connectivity index (χ0n) is 7.93. The molecule has 0 saturated carbocycles. The van der Waals surface area contributed by atoms with Gasteiger partial charge in [0, 0.05) is 6.42 Å². The summed E-state index contributed by atoms with van der Waals surface area (Å²) in [6.07, 6.45) is 4.33. The molecule has 0 aliphatic carbocycles. The summed E-state index contributed by atoms with van der Waals surface area (Å²) in [5.41, 5.74) is 0. The Balaban J connectivity index is 3.62. The van der Waals surface area contributed by atoms with E-state index in [1.54, 1.807) is 0 Å². The quantitative estimate of drug-likeness (QED) is 0.594. The Morgan fingerprint density at radius 2 is 1.91 bits per heavy atom. The SMILES string of the molecule is CCCC(CCC#N)C(C)C. The fourth-order valence-electron chi connectivity index (χ4n) is 1.43. The molecule has 0 spiro atoms. The third-order valence-electron chi connectivity index (χ3n) is 2.23. The summed E-state index contributed by atoms with van der Waals surface area (Å²) in [6, 6.07) is 2.21. The summed E-state index contributed by atoms with van der Waals surface area (Å²) < 4.78 is 0. The molecule has 1 heteroatoms. The Kier molecular flexibility index (Phi) is 5.93. The first-order valence-electron chi connectivity index (χ1n) is 4.59. The highest BCUT2D eigenvalue weighted by Gasteiger charge is 2.10. The highest BCUT2D eigenvalue weighted by atomic mass is 14.2. The standard InChI is InChI=1S/C10H19N/c1-4-6-10(9(2)3)7-5-8-11/h9-10H,4-7H2,1-3H3. The monoisotopic (exact) mass is 153 g/mol. The van der Waals surface area contributed by atoms with Crippen LogP contribution in [0.5, 0.6) is 0 Å². The van der Waals surface area contributed by atoms with Crippen molar-refractivity contribution in [3.63, 3.8) is 0 Å². The molecule has 0 bridgehead atoms. The van der Waals surface area contributed by atoms with E-state index in [9.17, 15) is 0 Å². The van der Waals surface area contributed by atoms with Gasteiger partial charge in [0.1, 0.15) is 0 Å². The molecule has 0 heterocycles. The molecule has 0 aromatic rings. The van der Waals surface area contributed by atoms with Crippen LogP contribution in [-0.2, 0) is 0 Å². The van der Waals surface area contributed by atoms with Gasteiger partial charge in [0.15, 0.2) is 0 Å². The molecule has 0 radical (unpaired) electrons. The largest absolute Gasteiger partial charge is 0.198 e. The molecule has 0 aromatic carbocycles. The van der Waals surface area contributed by atoms with Gasteiger partial charge in [-0.25, -0.2) is 0 Å². The summed E-state index contributed by atoms with van der Waals surface area (Å²) in [6.45, 7) is 6.71. The second kappa shape index (κ2) is 6.22. The van der Waals surface area contributed by atoms with Gasteiger partial charge in [-0.05, 0) is 18.3 Å². The minimum Gasteiger partial charge on any atom is -0.198 e. The van der Waals surface area contributed by atoms with Crippen molar-refractivity contribution in [1.29, 1.82) is 5.26 Å². The van der Waals surface area contributed by atoms with Crippen LogP contribution in [-0.4, -0.2) is 0 Å². The number of rotatable bonds is 5. The van der Waals surface area contributed by atoms with Gasteiger partial charge in [-0.1, -0.05) is 33.6 Å². The summed E-state index contributed by atoms with van der Waals surface area (Å²) >= 11 is 0. The Morgan fingerprint density at radius 3 is 2.27 bits per heavy atom. The fraction of sp³-hybridized carbons (Fsp3) is 0.900. The van der Waals surface area contributed by atoms with E-state index >= 15 is 0 Å². The van der Waals surface area contributed by atoms with E-state index in [0.717, 1.165) is 24.7 Å². The first-order valence-corrected chi connectivity index (χ1v) is 4.59. The molecule has 0 amide bonds. The van der Waals surface area contributed by atoms with Crippen LogP contribution in [0.3, 0.4) is 0 Å². The van der Waals surface area contributed by atoms with E-state index in [0.29, 0.717) is 0 Å². The molecule has 0 aromatic heterocycles. The normalized spacial score (nSPS) is 13.0. The van der Waals surface area contributed by atoms with Gasteiger partial charge in [-0.2, -0.15) is 5.26 Å². The van der Waals surface area contributed by atoms with Gasteiger partial charge >= 0.3 is 0 Å². The van der Waals surface area contributed by atoms with Crippen molar-refractivity contribution in [1.82, 2.24) is 0 Å². The minimum atomic E-state index is 0.725. The maximum atomic E-state index is 8.42. The number of nitriles is 1. The van der Waals surface area contributed by atoms with Crippen LogP contribution in [0.25, 0.3) is 0 Å². The summed E-state index contributed by atoms with van der Waals surface area (Å²) in [4.78, 5) is 0. The molecule has 0 aliphatic rings. The third-order valence-corrected chi connectivity index (χ3v) is 2.23. The smallest absolute Gasteiger partial charge is 0.0621 e. The van der Waals surface area contributed by atoms with Gasteiger partial charge in [-0.15, -0.1) is 0 Å². The Morgan fingerprint density at radius 1 is 1.27 bits per heavy atom. The Bertz CT molecular complexity index is 121. The lowest BCUT2D eigenvalue weighted by atomic mass is 9.88. The van der Waals surface area contributed by atoms with Crippen LogP contribution in [0.2, 0.25) is 0 Å². The third kappa shape index (κ3) is 4.84. The molecular formula is C10H19N. The van der Waals surface area contributed by atoms with Crippen molar-refractivity contribution < 1.29 is 0 Å². The van der Waals surface area contributed by atoms with E-state index in [1.165, 1.54) is 12.8 Å². The molecule has 0 rings (SSSR count). The number of hydrogen-bond acceptors (Lipinski definition) is 1. The average Bonchev–Trinajstić information content (AvgIpc) is 1.97. The van der Waals surface area contributed by atoms with Gasteiger partial charge in [-0.3, -0.25) is 0 Å². The topological polar surface area (TPSA) is 23.8 Å². The minimum absolute atomic E-state index is 0.725. The molecule has 11 heavy (non-hydrogen) atoms. The van der Waals surface area contributed by atoms with Crippen LogP contribution in [0.4, 0.5) is 0 Å². The van der Waals surface area contributed by atoms with E-state index in [1.807, 2.05) is 0 Å². The van der Waals surface area contributed by atoms with Gasteiger partial charge in [0.2, 0.25) is 0 Å². The fourth-order valence-corrected chi connectivity index (χ4v) is 1.43. The van der Waals surface area contributed by atoms with Crippen LogP contribution in [0.15, 0.2) is 0 Å². The van der Waals surface area contributed by atoms with Crippen LogP contribution in [0, 0.1) is 23.2 Å². The maximum Gasteiger partial charge on any atom is 0.0621 e. The van der Waals surface area contributed by atoms with E-state index in [4.69, 9.17) is 5.26 Å². The molecule has 64 valence electrons. The van der Waals surface area contributed by atoms with Crippen LogP contribution in [0.1, 0.15) is 46.5 Å². The Hall–Kier alpha value is -0.510. The maximum absolute atomic E-state index is 8.42.